The molecule has 4 heteroatoms. The largest absolute Gasteiger partial charge is 1.00 e. The van der Waals surface area contributed by atoms with E-state index in [4.69, 9.17) is 0 Å². The van der Waals surface area contributed by atoms with E-state index in [1.165, 1.54) is 17.5 Å². The van der Waals surface area contributed by atoms with Crippen molar-refractivity contribution in [1.82, 2.24) is 0 Å². The minimum absolute atomic E-state index is 0. The van der Waals surface area contributed by atoms with Crippen LogP contribution in [0.25, 0.3) is 11.1 Å². The van der Waals surface area contributed by atoms with Crippen LogP contribution >= 0.6 is 0 Å². The molecule has 0 aliphatic heterocycles. The normalized spacial score (nSPS) is 14.9. The van der Waals surface area contributed by atoms with Crippen molar-refractivity contribution in [1.29, 1.82) is 0 Å². The Hall–Kier alpha value is -1.18. The Morgan fingerprint density at radius 3 is 1.86 bits per heavy atom. The van der Waals surface area contributed by atoms with E-state index in [0.29, 0.717) is 3.63 Å². The molecule has 0 spiro atoms. The number of allylic oxidation sites excluding steroid dienone is 4. The molecule has 0 saturated carbocycles. The molecule has 0 nitrogen and oxygen atoms in total. The zero-order valence-corrected chi connectivity index (χ0v) is 21.5. The molecule has 0 aromatic heterocycles. The van der Waals surface area contributed by atoms with Crippen LogP contribution in [0.3, 0.4) is 0 Å². The molecule has 1 atom stereocenters. The van der Waals surface area contributed by atoms with Crippen LogP contribution in [0.4, 0.5) is 0 Å². The van der Waals surface area contributed by atoms with Crippen LogP contribution < -0.4 is 30.0 Å². The van der Waals surface area contributed by atoms with Crippen LogP contribution in [0.2, 0.25) is 6.55 Å². The van der Waals surface area contributed by atoms with E-state index in [0.717, 1.165) is 0 Å². The third-order valence-corrected chi connectivity index (χ3v) is 27.7. The van der Waals surface area contributed by atoms with Crippen molar-refractivity contribution in [3.63, 3.8) is 0 Å². The van der Waals surface area contributed by atoms with Gasteiger partial charge in [0.1, 0.15) is 0 Å². The molecule has 0 radical (unpaired) electrons. The van der Waals surface area contributed by atoms with Gasteiger partial charge in [-0.15, -0.1) is 0 Å². The molecule has 5 rings (SSSR count). The van der Waals surface area contributed by atoms with E-state index in [-0.39, 0.29) is 24.8 Å². The van der Waals surface area contributed by atoms with Crippen LogP contribution in [-0.4, -0.2) is 5.92 Å². The third-order valence-electron chi connectivity index (χ3n) is 6.05. The van der Waals surface area contributed by atoms with Gasteiger partial charge in [0.05, 0.1) is 0 Å². The van der Waals surface area contributed by atoms with Gasteiger partial charge < -0.3 is 24.8 Å². The summed E-state index contributed by atoms with van der Waals surface area (Å²) in [6.07, 6.45) is 8.34. The zero-order chi connectivity index (χ0) is 18.2. The number of benzene rings is 3. The van der Waals surface area contributed by atoms with Gasteiger partial charge in [-0.3, -0.25) is 0 Å². The molecule has 0 amide bonds. The molecule has 0 N–H and O–H groups in total. The Kier molecular flexibility index (Phi) is 7.57. The first-order chi connectivity index (χ1) is 13.3. The second kappa shape index (κ2) is 9.75. The first-order valence-electron chi connectivity index (χ1n) is 9.80. The average molecular weight is 514 g/mol. The van der Waals surface area contributed by atoms with Gasteiger partial charge in [0.2, 0.25) is 0 Å². The summed E-state index contributed by atoms with van der Waals surface area (Å²) >= 11 is -1.94. The molecule has 29 heavy (non-hydrogen) atoms. The van der Waals surface area contributed by atoms with Crippen LogP contribution in [0.15, 0.2) is 100 Å². The Morgan fingerprint density at radius 2 is 1.31 bits per heavy atom. The topological polar surface area (TPSA) is 0 Å². The van der Waals surface area contributed by atoms with Gasteiger partial charge in [-0.05, 0) is 0 Å². The summed E-state index contributed by atoms with van der Waals surface area (Å²) in [5.74, 6) is -1.01. The first-order valence-corrected chi connectivity index (χ1v) is 19.0. The van der Waals surface area contributed by atoms with Gasteiger partial charge in [-0.25, -0.2) is 0 Å². The van der Waals surface area contributed by atoms with Crippen molar-refractivity contribution in [3.05, 3.63) is 111 Å². The minimum atomic E-state index is -1.94. The molecular weight excluding hydrogens is 490 g/mol. The van der Waals surface area contributed by atoms with Crippen molar-refractivity contribution in [3.8, 4) is 11.1 Å². The molecule has 1 unspecified atom stereocenters. The van der Waals surface area contributed by atoms with E-state index in [2.05, 4.69) is 104 Å². The molecule has 2 aliphatic rings. The predicted octanol–water partition coefficient (Wildman–Crippen LogP) is -0.513. The summed E-state index contributed by atoms with van der Waals surface area (Å²) in [7, 11) is 0. The number of rotatable bonds is 4. The van der Waals surface area contributed by atoms with Gasteiger partial charge in [0, 0.05) is 0 Å². The quantitative estimate of drug-likeness (QED) is 0.413. The maximum atomic E-state index is 2.63. The molecule has 3 aromatic carbocycles. The SMILES string of the molecule is C[SiH](c1ccccc1)[Zr+2]([C]1=CC=CC1)[CH]1c2ccccc2-c2ccccc21.[Cl-].[Cl-]. The monoisotopic (exact) mass is 511 g/mol. The number of halogens is 2. The van der Waals surface area contributed by atoms with Crippen LogP contribution in [0.5, 0.6) is 0 Å². The molecule has 0 fully saturated rings. The Balaban J connectivity index is 0.00000120. The fraction of sp³-hybridized carbons (Fsp3) is 0.120. The first kappa shape index (κ1) is 22.5. The smallest absolute Gasteiger partial charge is 1.00 e. The Bertz CT molecular complexity index is 1000. The maximum Gasteiger partial charge on any atom is -1.00 e. The summed E-state index contributed by atoms with van der Waals surface area (Å²) in [5.41, 5.74) is 6.18. The van der Waals surface area contributed by atoms with Gasteiger partial charge in [0.25, 0.3) is 0 Å². The van der Waals surface area contributed by atoms with Crippen LogP contribution in [0, 0.1) is 0 Å². The fourth-order valence-corrected chi connectivity index (χ4v) is 27.6. The molecule has 0 bridgehead atoms. The van der Waals surface area contributed by atoms with E-state index >= 15 is 0 Å². The summed E-state index contributed by atoms with van der Waals surface area (Å²) in [4.78, 5) is 0. The van der Waals surface area contributed by atoms with Gasteiger partial charge in [0.15, 0.2) is 0 Å². The maximum absolute atomic E-state index is 2.63. The van der Waals surface area contributed by atoms with Gasteiger partial charge in [-0.2, -0.15) is 0 Å². The summed E-state index contributed by atoms with van der Waals surface area (Å²) in [6.45, 7) is 2.63. The van der Waals surface area contributed by atoms with E-state index in [1.807, 2.05) is 3.28 Å². The second-order valence-corrected chi connectivity index (χ2v) is 24.9. The standard InChI is InChI=1S/C13H9.C7H9Si.C5H5.2ClH.Zr/c1-3-7-12-10(5-1)9-11-6-2-4-8-13(11)12;1-8-7-5-3-2-4-6-7;1-2-4-5-3-1;;;/h1-9H;2-6,8H,1H3;1-3H,4H2;2*1H;/q;;;;;+2/p-2. The summed E-state index contributed by atoms with van der Waals surface area (Å²) in [6, 6.07) is 29.8. The van der Waals surface area contributed by atoms with E-state index < -0.39 is 26.8 Å². The van der Waals surface area contributed by atoms with Crippen molar-refractivity contribution in [2.45, 2.75) is 16.6 Å². The summed E-state index contributed by atoms with van der Waals surface area (Å²) in [5, 5.41) is 1.65. The third kappa shape index (κ3) is 4.06. The fourth-order valence-electron chi connectivity index (χ4n) is 4.79. The molecule has 2 aliphatic carbocycles. The number of fused-ring (bicyclic) bond motifs is 3. The Labute approximate surface area is 194 Å². The van der Waals surface area contributed by atoms with Crippen molar-refractivity contribution in [2.24, 2.45) is 0 Å². The molecular formula is C25H23Cl2SiZr. The van der Waals surface area contributed by atoms with Crippen molar-refractivity contribution < 1.29 is 45.7 Å². The van der Waals surface area contributed by atoms with Crippen molar-refractivity contribution >= 4 is 11.1 Å². The van der Waals surface area contributed by atoms with Crippen molar-refractivity contribution in [2.75, 3.05) is 0 Å². The Morgan fingerprint density at radius 1 is 0.759 bits per heavy atom. The minimum Gasteiger partial charge on any atom is -1.00 e. The van der Waals surface area contributed by atoms with Crippen LogP contribution in [-0.2, 0) is 20.9 Å². The second-order valence-electron chi connectivity index (χ2n) is 7.52. The average Bonchev–Trinajstić information content (AvgIpc) is 3.37. The molecule has 0 heterocycles. The van der Waals surface area contributed by atoms with E-state index in [1.54, 1.807) is 16.3 Å². The molecule has 3 aromatic rings. The number of hydrogen-bond donors (Lipinski definition) is 0. The van der Waals surface area contributed by atoms with Gasteiger partial charge >= 0.3 is 171 Å². The predicted molar refractivity (Wildman–Crippen MR) is 115 cm³/mol. The zero-order valence-electron chi connectivity index (χ0n) is 16.4. The molecule has 145 valence electrons. The van der Waals surface area contributed by atoms with E-state index in [9.17, 15) is 0 Å². The number of hydrogen-bond acceptors (Lipinski definition) is 0. The van der Waals surface area contributed by atoms with Gasteiger partial charge in [-0.1, -0.05) is 0 Å². The van der Waals surface area contributed by atoms with Crippen LogP contribution in [0.1, 0.15) is 21.2 Å². The molecule has 0 saturated heterocycles. The summed E-state index contributed by atoms with van der Waals surface area (Å²) < 4.78 is 2.49.